The normalized spacial score (nSPS) is 12.8. The number of ether oxygens (including phenoxy) is 1. The number of aryl methyl sites for hydroxylation is 1. The second-order valence-corrected chi connectivity index (χ2v) is 10.8. The minimum Gasteiger partial charge on any atom is -0.508 e. The van der Waals surface area contributed by atoms with Crippen LogP contribution in [-0.2, 0) is 27.8 Å². The van der Waals surface area contributed by atoms with Gasteiger partial charge in [-0.2, -0.15) is 0 Å². The molecular weight excluding hydrogens is 492 g/mol. The first kappa shape index (κ1) is 31.0. The van der Waals surface area contributed by atoms with E-state index in [1.54, 1.807) is 18.2 Å². The van der Waals surface area contributed by atoms with E-state index in [1.807, 2.05) is 18.2 Å². The molecule has 0 aromatic heterocycles. The highest BCUT2D eigenvalue weighted by Gasteiger charge is 2.10. The summed E-state index contributed by atoms with van der Waals surface area (Å²) in [5.41, 5.74) is 3.14. The van der Waals surface area contributed by atoms with Crippen LogP contribution >= 0.6 is 0 Å². The van der Waals surface area contributed by atoms with Crippen LogP contribution in [0.25, 0.3) is 6.08 Å². The zero-order chi connectivity index (χ0) is 26.9. The molecule has 2 aromatic rings. The molecule has 0 aliphatic rings. The highest BCUT2D eigenvalue weighted by Crippen LogP contribution is 2.22. The number of rotatable bonds is 19. The SMILES string of the molecule is CNS(=O)(=O)/C=C/c1cccc(CCCCOCCCCCCNC[C@@H](O)c2ccc(O)c(CO)c2)c1. The quantitative estimate of drug-likeness (QED) is 0.174. The number of aliphatic hydroxyl groups is 2. The standard InChI is InChI=1S/C28H42N2O6S/c1-29-37(34,35)18-14-24-11-8-10-23(19-24)9-4-7-17-36-16-6-3-2-5-15-30-21-28(33)25-12-13-27(32)26(20-25)22-31/h8,10-14,18-20,28-33H,2-7,9,15-17,21-22H2,1H3/b18-14+/t28-/m1/s1. The van der Waals surface area contributed by atoms with Crippen LogP contribution in [-0.4, -0.2) is 57.1 Å². The monoisotopic (exact) mass is 534 g/mol. The van der Waals surface area contributed by atoms with Crippen molar-refractivity contribution in [3.8, 4) is 5.75 Å². The molecule has 0 radical (unpaired) electrons. The summed E-state index contributed by atoms with van der Waals surface area (Å²) in [5.74, 6) is 0.0352. The van der Waals surface area contributed by atoms with Gasteiger partial charge in [0.15, 0.2) is 0 Å². The minimum absolute atomic E-state index is 0.0352. The van der Waals surface area contributed by atoms with Crippen LogP contribution in [0.15, 0.2) is 47.9 Å². The molecule has 0 saturated heterocycles. The third kappa shape index (κ3) is 12.7. The maximum Gasteiger partial charge on any atom is 0.233 e. The number of unbranched alkanes of at least 4 members (excludes halogenated alkanes) is 4. The average Bonchev–Trinajstić information content (AvgIpc) is 2.90. The summed E-state index contributed by atoms with van der Waals surface area (Å²) in [7, 11) is -1.97. The first-order chi connectivity index (χ1) is 17.8. The molecule has 1 atom stereocenters. The maximum absolute atomic E-state index is 11.5. The molecule has 0 saturated carbocycles. The number of hydrogen-bond acceptors (Lipinski definition) is 7. The van der Waals surface area contributed by atoms with Gasteiger partial charge < -0.3 is 25.4 Å². The van der Waals surface area contributed by atoms with E-state index < -0.39 is 16.1 Å². The average molecular weight is 535 g/mol. The lowest BCUT2D eigenvalue weighted by Gasteiger charge is -2.14. The van der Waals surface area contributed by atoms with E-state index in [4.69, 9.17) is 4.74 Å². The summed E-state index contributed by atoms with van der Waals surface area (Å²) >= 11 is 0. The highest BCUT2D eigenvalue weighted by atomic mass is 32.2. The van der Waals surface area contributed by atoms with Crippen molar-refractivity contribution in [2.24, 2.45) is 0 Å². The van der Waals surface area contributed by atoms with Gasteiger partial charge in [-0.05, 0) is 80.6 Å². The molecule has 0 bridgehead atoms. The number of phenols is 1. The van der Waals surface area contributed by atoms with Crippen LogP contribution in [0, 0.1) is 0 Å². The van der Waals surface area contributed by atoms with E-state index >= 15 is 0 Å². The lowest BCUT2D eigenvalue weighted by atomic mass is 10.1. The topological polar surface area (TPSA) is 128 Å². The summed E-state index contributed by atoms with van der Waals surface area (Å²) in [4.78, 5) is 0. The Morgan fingerprint density at radius 2 is 1.76 bits per heavy atom. The maximum atomic E-state index is 11.5. The molecule has 8 nitrogen and oxygen atoms in total. The predicted molar refractivity (Wildman–Crippen MR) is 148 cm³/mol. The van der Waals surface area contributed by atoms with Crippen molar-refractivity contribution in [3.63, 3.8) is 0 Å². The molecule has 0 aliphatic heterocycles. The zero-order valence-electron chi connectivity index (χ0n) is 21.7. The van der Waals surface area contributed by atoms with Gasteiger partial charge in [-0.25, -0.2) is 13.1 Å². The molecule has 2 rings (SSSR count). The summed E-state index contributed by atoms with van der Waals surface area (Å²) in [6.07, 6.45) is 8.12. The number of benzene rings is 2. The fourth-order valence-electron chi connectivity index (χ4n) is 3.83. The third-order valence-corrected chi connectivity index (χ3v) is 7.13. The van der Waals surface area contributed by atoms with Gasteiger partial charge in [0.25, 0.3) is 0 Å². The van der Waals surface area contributed by atoms with Crippen LogP contribution in [0.4, 0.5) is 0 Å². The van der Waals surface area contributed by atoms with Crippen molar-refractivity contribution >= 4 is 16.1 Å². The molecule has 206 valence electrons. The van der Waals surface area contributed by atoms with Gasteiger partial charge in [0.2, 0.25) is 10.0 Å². The Bertz CT molecular complexity index is 1060. The van der Waals surface area contributed by atoms with E-state index in [0.29, 0.717) is 17.7 Å². The van der Waals surface area contributed by atoms with Gasteiger partial charge in [0, 0.05) is 30.7 Å². The fraction of sp³-hybridized carbons (Fsp3) is 0.500. The molecule has 0 spiro atoms. The van der Waals surface area contributed by atoms with Gasteiger partial charge in [0.05, 0.1) is 12.7 Å². The van der Waals surface area contributed by atoms with Gasteiger partial charge >= 0.3 is 0 Å². The highest BCUT2D eigenvalue weighted by molar-refractivity contribution is 7.92. The largest absolute Gasteiger partial charge is 0.508 e. The van der Waals surface area contributed by atoms with Crippen molar-refractivity contribution in [1.29, 1.82) is 0 Å². The predicted octanol–water partition coefficient (Wildman–Crippen LogP) is 3.63. The summed E-state index contributed by atoms with van der Waals surface area (Å²) in [6, 6.07) is 12.7. The number of nitrogens with one attached hydrogen (secondary N) is 2. The van der Waals surface area contributed by atoms with Crippen LogP contribution in [0.3, 0.4) is 0 Å². The van der Waals surface area contributed by atoms with Crippen LogP contribution in [0.2, 0.25) is 0 Å². The third-order valence-electron chi connectivity index (χ3n) is 6.07. The van der Waals surface area contributed by atoms with E-state index in [9.17, 15) is 23.7 Å². The second kappa shape index (κ2) is 17.3. The van der Waals surface area contributed by atoms with Crippen molar-refractivity contribution in [1.82, 2.24) is 10.0 Å². The molecule has 0 aliphatic carbocycles. The Labute approximate surface area is 221 Å². The van der Waals surface area contributed by atoms with Crippen molar-refractivity contribution < 1.29 is 28.5 Å². The van der Waals surface area contributed by atoms with Gasteiger partial charge in [-0.15, -0.1) is 0 Å². The van der Waals surface area contributed by atoms with Gasteiger partial charge in [0.1, 0.15) is 5.75 Å². The van der Waals surface area contributed by atoms with Crippen LogP contribution in [0.5, 0.6) is 5.75 Å². The van der Waals surface area contributed by atoms with E-state index in [-0.39, 0.29) is 12.4 Å². The number of aliphatic hydroxyl groups excluding tert-OH is 2. The second-order valence-electron chi connectivity index (χ2n) is 9.05. The Morgan fingerprint density at radius 3 is 2.51 bits per heavy atom. The van der Waals surface area contributed by atoms with Crippen molar-refractivity contribution in [2.75, 3.05) is 33.4 Å². The van der Waals surface area contributed by atoms with Crippen LogP contribution < -0.4 is 10.0 Å². The molecule has 0 fully saturated rings. The molecular formula is C28H42N2O6S. The molecule has 37 heavy (non-hydrogen) atoms. The molecule has 2 aromatic carbocycles. The molecule has 9 heteroatoms. The van der Waals surface area contributed by atoms with E-state index in [1.165, 1.54) is 24.1 Å². The van der Waals surface area contributed by atoms with Crippen molar-refractivity contribution in [2.45, 2.75) is 57.7 Å². The lowest BCUT2D eigenvalue weighted by Crippen LogP contribution is -2.22. The van der Waals surface area contributed by atoms with Crippen LogP contribution in [0.1, 0.15) is 66.9 Å². The Morgan fingerprint density at radius 1 is 1.00 bits per heavy atom. The summed E-state index contributed by atoms with van der Waals surface area (Å²) in [6.45, 7) is 2.50. The molecule has 5 N–H and O–H groups in total. The number of hydrogen-bond donors (Lipinski definition) is 5. The Kier molecular flexibility index (Phi) is 14.5. The summed E-state index contributed by atoms with van der Waals surface area (Å²) < 4.78 is 31.0. The zero-order valence-corrected chi connectivity index (χ0v) is 22.5. The minimum atomic E-state index is -3.36. The lowest BCUT2D eigenvalue weighted by molar-refractivity contribution is 0.126. The number of aromatic hydroxyl groups is 1. The first-order valence-electron chi connectivity index (χ1n) is 12.9. The summed E-state index contributed by atoms with van der Waals surface area (Å²) in [5, 5.41) is 33.5. The van der Waals surface area contributed by atoms with E-state index in [0.717, 1.165) is 70.3 Å². The molecule has 0 amide bonds. The Hall–Kier alpha value is -2.27. The van der Waals surface area contributed by atoms with Crippen molar-refractivity contribution in [3.05, 3.63) is 70.1 Å². The fourth-order valence-corrected chi connectivity index (χ4v) is 4.30. The van der Waals surface area contributed by atoms with Gasteiger partial charge in [-0.1, -0.05) is 43.2 Å². The smallest absolute Gasteiger partial charge is 0.233 e. The molecule has 0 heterocycles. The Balaban J connectivity index is 1.45. The number of sulfonamides is 1. The van der Waals surface area contributed by atoms with E-state index in [2.05, 4.69) is 16.1 Å². The molecule has 0 unspecified atom stereocenters. The van der Waals surface area contributed by atoms with Gasteiger partial charge in [-0.3, -0.25) is 0 Å². The first-order valence-corrected chi connectivity index (χ1v) is 14.5.